The Hall–Kier alpha value is -0.550. The van der Waals surface area contributed by atoms with Gasteiger partial charge in [0, 0.05) is 0 Å². The Morgan fingerprint density at radius 1 is 1.31 bits per heavy atom. The highest BCUT2D eigenvalue weighted by molar-refractivity contribution is 7.98. The van der Waals surface area contributed by atoms with Gasteiger partial charge in [-0.15, -0.1) is 0 Å². The van der Waals surface area contributed by atoms with E-state index in [0.29, 0.717) is 17.7 Å². The highest BCUT2D eigenvalue weighted by atomic mass is 32.2. The highest BCUT2D eigenvalue weighted by Crippen LogP contribution is 2.18. The highest BCUT2D eigenvalue weighted by Gasteiger charge is 2.17. The second-order valence-corrected chi connectivity index (χ2v) is 5.76. The molecular weight excluding hydrogens is 222 g/mol. The summed E-state index contributed by atoms with van der Waals surface area (Å²) >= 11 is 1.82. The normalized spacial score (nSPS) is 13.7. The largest absolute Gasteiger partial charge is 0.338 e. The van der Waals surface area contributed by atoms with Gasteiger partial charge in [0.25, 0.3) is 0 Å². The average Bonchev–Trinajstić information content (AvgIpc) is 2.64. The molecule has 0 unspecified atom stereocenters. The molecule has 4 nitrogen and oxygen atoms in total. The molecule has 0 saturated heterocycles. The lowest BCUT2D eigenvalue weighted by Gasteiger charge is -2.09. The van der Waals surface area contributed by atoms with Crippen LogP contribution >= 0.6 is 11.8 Å². The Labute approximate surface area is 101 Å². The van der Waals surface area contributed by atoms with E-state index in [1.54, 1.807) is 0 Å². The van der Waals surface area contributed by atoms with Crippen LogP contribution in [-0.2, 0) is 5.75 Å². The zero-order chi connectivity index (χ0) is 12.1. The number of hydrogen-bond acceptors (Lipinski definition) is 5. The van der Waals surface area contributed by atoms with Crippen molar-refractivity contribution >= 4 is 11.8 Å². The monoisotopic (exact) mass is 243 g/mol. The van der Waals surface area contributed by atoms with Gasteiger partial charge in [0.15, 0.2) is 5.82 Å². The van der Waals surface area contributed by atoms with Gasteiger partial charge in [-0.1, -0.05) is 32.9 Å². The fourth-order valence-corrected chi connectivity index (χ4v) is 2.02. The van der Waals surface area contributed by atoms with Crippen molar-refractivity contribution in [2.75, 3.05) is 5.75 Å². The fourth-order valence-electron chi connectivity index (χ4n) is 1.13. The smallest absolute Gasteiger partial charge is 0.243 e. The first-order chi connectivity index (χ1) is 7.50. The van der Waals surface area contributed by atoms with E-state index in [1.165, 1.54) is 0 Å². The maximum atomic E-state index is 5.92. The van der Waals surface area contributed by atoms with Crippen molar-refractivity contribution in [3.63, 3.8) is 0 Å². The van der Waals surface area contributed by atoms with E-state index in [4.69, 9.17) is 10.3 Å². The van der Waals surface area contributed by atoms with Gasteiger partial charge in [-0.25, -0.2) is 0 Å². The Balaban J connectivity index is 2.45. The third-order valence-corrected chi connectivity index (χ3v) is 3.53. The summed E-state index contributed by atoms with van der Waals surface area (Å²) in [6.45, 7) is 8.48. The predicted molar refractivity (Wildman–Crippen MR) is 67.1 cm³/mol. The van der Waals surface area contributed by atoms with Gasteiger partial charge in [0.2, 0.25) is 5.89 Å². The molecule has 0 amide bonds. The quantitative estimate of drug-likeness (QED) is 0.832. The van der Waals surface area contributed by atoms with E-state index in [1.807, 2.05) is 25.6 Å². The molecule has 92 valence electrons. The maximum Gasteiger partial charge on any atom is 0.243 e. The van der Waals surface area contributed by atoms with E-state index < -0.39 is 0 Å². The second-order valence-electron chi connectivity index (χ2n) is 4.73. The molecule has 0 aromatic carbocycles. The topological polar surface area (TPSA) is 64.9 Å². The number of nitrogens with zero attached hydrogens (tertiary/aromatic N) is 2. The molecule has 1 heterocycles. The van der Waals surface area contributed by atoms with Crippen molar-refractivity contribution in [3.8, 4) is 0 Å². The number of rotatable bonds is 6. The summed E-state index contributed by atoms with van der Waals surface area (Å²) < 4.78 is 5.15. The van der Waals surface area contributed by atoms with E-state index in [9.17, 15) is 0 Å². The van der Waals surface area contributed by atoms with Crippen LogP contribution in [0.3, 0.4) is 0 Å². The summed E-state index contributed by atoms with van der Waals surface area (Å²) in [6, 6.07) is -0.156. The Kier molecular flexibility index (Phi) is 5.28. The van der Waals surface area contributed by atoms with Crippen LogP contribution < -0.4 is 5.73 Å². The van der Waals surface area contributed by atoms with Crippen molar-refractivity contribution < 1.29 is 4.52 Å². The molecule has 1 aromatic rings. The van der Waals surface area contributed by atoms with Crippen LogP contribution in [-0.4, -0.2) is 15.9 Å². The van der Waals surface area contributed by atoms with Gasteiger partial charge in [-0.3, -0.25) is 0 Å². The molecule has 0 aliphatic heterocycles. The molecule has 1 rings (SSSR count). The van der Waals surface area contributed by atoms with E-state index in [2.05, 4.69) is 24.0 Å². The Bertz CT molecular complexity index is 312. The van der Waals surface area contributed by atoms with Crippen LogP contribution in [0.5, 0.6) is 0 Å². The maximum absolute atomic E-state index is 5.92. The van der Waals surface area contributed by atoms with Gasteiger partial charge in [-0.05, 0) is 17.6 Å². The zero-order valence-corrected chi connectivity index (χ0v) is 11.3. The molecular formula is C11H21N3OS. The van der Waals surface area contributed by atoms with E-state index in [0.717, 1.165) is 17.3 Å². The van der Waals surface area contributed by atoms with Gasteiger partial charge in [0.05, 0.1) is 11.8 Å². The summed E-state index contributed by atoms with van der Waals surface area (Å²) in [5.74, 6) is 4.21. The van der Waals surface area contributed by atoms with Crippen LogP contribution in [0.1, 0.15) is 45.5 Å². The minimum Gasteiger partial charge on any atom is -0.338 e. The molecule has 5 heteroatoms. The third-order valence-electron chi connectivity index (χ3n) is 2.17. The van der Waals surface area contributed by atoms with Gasteiger partial charge < -0.3 is 10.3 Å². The predicted octanol–water partition coefficient (Wildman–Crippen LogP) is 2.61. The molecule has 0 aliphatic rings. The molecule has 0 aliphatic carbocycles. The van der Waals surface area contributed by atoms with Crippen molar-refractivity contribution in [1.82, 2.24) is 10.1 Å². The first-order valence-corrected chi connectivity index (χ1v) is 6.82. The van der Waals surface area contributed by atoms with Crippen LogP contribution in [0.25, 0.3) is 0 Å². The van der Waals surface area contributed by atoms with Crippen molar-refractivity contribution in [3.05, 3.63) is 11.7 Å². The molecule has 2 N–H and O–H groups in total. The fraction of sp³-hybridized carbons (Fsp3) is 0.818. The summed E-state index contributed by atoms with van der Waals surface area (Å²) in [5.41, 5.74) is 5.92. The summed E-state index contributed by atoms with van der Waals surface area (Å²) in [5, 5.41) is 3.93. The van der Waals surface area contributed by atoms with Crippen molar-refractivity contribution in [1.29, 1.82) is 0 Å². The first-order valence-electron chi connectivity index (χ1n) is 5.66. The second kappa shape index (κ2) is 6.25. The molecule has 0 saturated carbocycles. The van der Waals surface area contributed by atoms with E-state index >= 15 is 0 Å². The van der Waals surface area contributed by atoms with E-state index in [-0.39, 0.29) is 6.04 Å². The molecule has 0 bridgehead atoms. The van der Waals surface area contributed by atoms with Gasteiger partial charge in [0.1, 0.15) is 0 Å². The molecule has 1 aromatic heterocycles. The molecule has 16 heavy (non-hydrogen) atoms. The number of aromatic nitrogens is 2. The molecule has 0 fully saturated rings. The molecule has 1 atom stereocenters. The lowest BCUT2D eigenvalue weighted by Crippen LogP contribution is -2.17. The lowest BCUT2D eigenvalue weighted by molar-refractivity contribution is 0.323. The summed E-state index contributed by atoms with van der Waals surface area (Å²) in [6.07, 6.45) is 0. The minimum atomic E-state index is -0.156. The van der Waals surface area contributed by atoms with Gasteiger partial charge >= 0.3 is 0 Å². The average molecular weight is 243 g/mol. The zero-order valence-electron chi connectivity index (χ0n) is 10.4. The number of nitrogens with two attached hydrogens (primary N) is 1. The van der Waals surface area contributed by atoms with Crippen LogP contribution in [0.2, 0.25) is 0 Å². The van der Waals surface area contributed by atoms with Crippen LogP contribution in [0.15, 0.2) is 4.52 Å². The Morgan fingerprint density at radius 3 is 2.56 bits per heavy atom. The Morgan fingerprint density at radius 2 is 2.00 bits per heavy atom. The van der Waals surface area contributed by atoms with Gasteiger partial charge in [-0.2, -0.15) is 16.7 Å². The third kappa shape index (κ3) is 4.14. The number of hydrogen-bond donors (Lipinski definition) is 1. The lowest BCUT2D eigenvalue weighted by atomic mass is 10.1. The standard InChI is InChI=1S/C11H21N3OS/c1-7(2)5-16-6-9-13-11(15-14-9)10(12)8(3)4/h7-8,10H,5-6,12H2,1-4H3/t10-/m0/s1. The first kappa shape index (κ1) is 13.5. The minimum absolute atomic E-state index is 0.156. The molecule has 0 radical (unpaired) electrons. The SMILES string of the molecule is CC(C)CSCc1noc([C@@H](N)C(C)C)n1. The van der Waals surface area contributed by atoms with Crippen molar-refractivity contribution in [2.24, 2.45) is 17.6 Å². The van der Waals surface area contributed by atoms with Crippen molar-refractivity contribution in [2.45, 2.75) is 39.5 Å². The van der Waals surface area contributed by atoms with Crippen LogP contribution in [0.4, 0.5) is 0 Å². The number of thioether (sulfide) groups is 1. The summed E-state index contributed by atoms with van der Waals surface area (Å²) in [4.78, 5) is 4.30. The van der Waals surface area contributed by atoms with Crippen LogP contribution in [0, 0.1) is 11.8 Å². The summed E-state index contributed by atoms with van der Waals surface area (Å²) in [7, 11) is 0. The molecule has 0 spiro atoms.